The molecule has 1 aromatic rings. The SMILES string of the molecule is CCC(C)N(C)CCNc1cc(N2CCN(C)C(=O)C2)ncn1. The maximum Gasteiger partial charge on any atom is 0.241 e. The molecule has 1 unspecified atom stereocenters. The lowest BCUT2D eigenvalue weighted by molar-refractivity contribution is -0.129. The van der Waals surface area contributed by atoms with E-state index in [1.165, 1.54) is 0 Å². The van der Waals surface area contributed by atoms with E-state index in [0.29, 0.717) is 12.6 Å². The third kappa shape index (κ3) is 4.79. The minimum Gasteiger partial charge on any atom is -0.369 e. The molecule has 0 aliphatic carbocycles. The average Bonchev–Trinajstić information content (AvgIpc) is 2.56. The summed E-state index contributed by atoms with van der Waals surface area (Å²) in [5, 5.41) is 3.34. The summed E-state index contributed by atoms with van der Waals surface area (Å²) in [6, 6.07) is 2.50. The standard InChI is InChI=1S/C16H28N6O/c1-5-13(2)20(3)7-6-17-14-10-15(19-12-18-14)22-9-8-21(4)16(23)11-22/h10,12-13H,5-9,11H2,1-4H3,(H,17,18,19). The molecule has 1 aliphatic heterocycles. The molecule has 2 heterocycles. The van der Waals surface area contributed by atoms with Gasteiger partial charge in [-0.1, -0.05) is 6.92 Å². The Morgan fingerprint density at radius 1 is 1.39 bits per heavy atom. The van der Waals surface area contributed by atoms with Crippen LogP contribution < -0.4 is 10.2 Å². The first-order valence-corrected chi connectivity index (χ1v) is 8.26. The Kier molecular flexibility index (Phi) is 6.15. The van der Waals surface area contributed by atoms with E-state index in [0.717, 1.165) is 44.2 Å². The van der Waals surface area contributed by atoms with Crippen LogP contribution in [0.3, 0.4) is 0 Å². The van der Waals surface area contributed by atoms with E-state index >= 15 is 0 Å². The number of piperazine rings is 1. The average molecular weight is 320 g/mol. The molecule has 7 nitrogen and oxygen atoms in total. The van der Waals surface area contributed by atoms with Crippen molar-refractivity contribution in [3.63, 3.8) is 0 Å². The van der Waals surface area contributed by atoms with Gasteiger partial charge in [-0.15, -0.1) is 0 Å². The van der Waals surface area contributed by atoms with Gasteiger partial charge in [0.05, 0.1) is 6.54 Å². The molecule has 1 N–H and O–H groups in total. The van der Waals surface area contributed by atoms with Gasteiger partial charge in [0.25, 0.3) is 0 Å². The van der Waals surface area contributed by atoms with Crippen molar-refractivity contribution in [1.82, 2.24) is 19.8 Å². The van der Waals surface area contributed by atoms with E-state index in [1.54, 1.807) is 11.2 Å². The number of rotatable bonds is 7. The van der Waals surface area contributed by atoms with Crippen molar-refractivity contribution in [1.29, 1.82) is 0 Å². The van der Waals surface area contributed by atoms with Gasteiger partial charge in [0, 0.05) is 45.3 Å². The Morgan fingerprint density at radius 2 is 2.17 bits per heavy atom. The van der Waals surface area contributed by atoms with E-state index in [4.69, 9.17) is 0 Å². The van der Waals surface area contributed by atoms with Gasteiger partial charge in [0.2, 0.25) is 5.91 Å². The molecule has 1 amide bonds. The molecule has 0 radical (unpaired) electrons. The Morgan fingerprint density at radius 3 is 2.87 bits per heavy atom. The van der Waals surface area contributed by atoms with Crippen molar-refractivity contribution < 1.29 is 4.79 Å². The van der Waals surface area contributed by atoms with Crippen molar-refractivity contribution in [2.45, 2.75) is 26.3 Å². The lowest BCUT2D eigenvalue weighted by Gasteiger charge is -2.32. The van der Waals surface area contributed by atoms with Gasteiger partial charge >= 0.3 is 0 Å². The van der Waals surface area contributed by atoms with Crippen LogP contribution >= 0.6 is 0 Å². The van der Waals surface area contributed by atoms with Crippen molar-refractivity contribution in [3.05, 3.63) is 12.4 Å². The summed E-state index contributed by atoms with van der Waals surface area (Å²) in [7, 11) is 3.97. The topological polar surface area (TPSA) is 64.6 Å². The number of carbonyl (C=O) groups is 1. The molecular formula is C16H28N6O. The second kappa shape index (κ2) is 8.10. The smallest absolute Gasteiger partial charge is 0.241 e. The van der Waals surface area contributed by atoms with E-state index < -0.39 is 0 Å². The molecule has 2 rings (SSSR count). The van der Waals surface area contributed by atoms with Crippen LogP contribution in [0.1, 0.15) is 20.3 Å². The fraction of sp³-hybridized carbons (Fsp3) is 0.688. The molecule has 0 saturated carbocycles. The summed E-state index contributed by atoms with van der Waals surface area (Å²) < 4.78 is 0. The number of aromatic nitrogens is 2. The number of carbonyl (C=O) groups excluding carboxylic acids is 1. The number of anilines is 2. The van der Waals surface area contributed by atoms with Crippen molar-refractivity contribution in [2.75, 3.05) is 57.0 Å². The summed E-state index contributed by atoms with van der Waals surface area (Å²) >= 11 is 0. The fourth-order valence-corrected chi connectivity index (χ4v) is 2.46. The molecule has 0 bridgehead atoms. The summed E-state index contributed by atoms with van der Waals surface area (Å²) in [5.41, 5.74) is 0. The summed E-state index contributed by atoms with van der Waals surface area (Å²) in [6.07, 6.45) is 2.70. The molecule has 128 valence electrons. The summed E-state index contributed by atoms with van der Waals surface area (Å²) in [5.74, 6) is 1.73. The van der Waals surface area contributed by atoms with Gasteiger partial charge in [-0.2, -0.15) is 0 Å². The van der Waals surface area contributed by atoms with Gasteiger partial charge in [0.1, 0.15) is 18.0 Å². The number of hydrogen-bond donors (Lipinski definition) is 1. The number of likely N-dealkylation sites (N-methyl/N-ethyl adjacent to an activating group) is 2. The second-order valence-corrected chi connectivity index (χ2v) is 6.16. The third-order valence-electron chi connectivity index (χ3n) is 4.55. The lowest BCUT2D eigenvalue weighted by atomic mass is 10.2. The van der Waals surface area contributed by atoms with Gasteiger partial charge in [-0.3, -0.25) is 4.79 Å². The Labute approximate surface area is 138 Å². The lowest BCUT2D eigenvalue weighted by Crippen LogP contribution is -2.48. The van der Waals surface area contributed by atoms with Crippen LogP contribution in [0.25, 0.3) is 0 Å². The number of nitrogens with zero attached hydrogens (tertiary/aromatic N) is 5. The molecule has 1 saturated heterocycles. The first-order chi connectivity index (χ1) is 11.0. The van der Waals surface area contributed by atoms with Crippen LogP contribution in [0.15, 0.2) is 12.4 Å². The van der Waals surface area contributed by atoms with Crippen molar-refractivity contribution in [3.8, 4) is 0 Å². The molecule has 7 heteroatoms. The maximum absolute atomic E-state index is 11.8. The van der Waals surface area contributed by atoms with E-state index in [-0.39, 0.29) is 5.91 Å². The third-order valence-corrected chi connectivity index (χ3v) is 4.55. The maximum atomic E-state index is 11.8. The predicted molar refractivity (Wildman–Crippen MR) is 92.8 cm³/mol. The Hall–Kier alpha value is -1.89. The summed E-state index contributed by atoms with van der Waals surface area (Å²) in [4.78, 5) is 26.5. The molecular weight excluding hydrogens is 292 g/mol. The largest absolute Gasteiger partial charge is 0.369 e. The van der Waals surface area contributed by atoms with Crippen LogP contribution in [0.4, 0.5) is 11.6 Å². The van der Waals surface area contributed by atoms with Gasteiger partial charge in [0.15, 0.2) is 0 Å². The monoisotopic (exact) mass is 320 g/mol. The van der Waals surface area contributed by atoms with Gasteiger partial charge in [-0.25, -0.2) is 9.97 Å². The van der Waals surface area contributed by atoms with Crippen molar-refractivity contribution in [2.24, 2.45) is 0 Å². The highest BCUT2D eigenvalue weighted by Gasteiger charge is 2.22. The Bertz CT molecular complexity index is 523. The number of amides is 1. The van der Waals surface area contributed by atoms with Crippen LogP contribution in [0.5, 0.6) is 0 Å². The number of hydrogen-bond acceptors (Lipinski definition) is 6. The molecule has 1 aromatic heterocycles. The van der Waals surface area contributed by atoms with Gasteiger partial charge in [-0.05, 0) is 20.4 Å². The zero-order valence-corrected chi connectivity index (χ0v) is 14.6. The minimum atomic E-state index is 0.125. The zero-order chi connectivity index (χ0) is 16.8. The molecule has 1 aliphatic rings. The predicted octanol–water partition coefficient (Wildman–Crippen LogP) is 0.897. The first-order valence-electron chi connectivity index (χ1n) is 8.26. The van der Waals surface area contributed by atoms with Crippen LogP contribution in [0, 0.1) is 0 Å². The summed E-state index contributed by atoms with van der Waals surface area (Å²) in [6.45, 7) is 8.13. The van der Waals surface area contributed by atoms with Crippen LogP contribution in [-0.2, 0) is 4.79 Å². The van der Waals surface area contributed by atoms with E-state index in [1.807, 2.05) is 18.0 Å². The quantitative estimate of drug-likeness (QED) is 0.805. The van der Waals surface area contributed by atoms with Crippen LogP contribution in [-0.4, -0.2) is 78.5 Å². The number of nitrogens with one attached hydrogen (secondary N) is 1. The first kappa shape index (κ1) is 17.5. The molecule has 0 aromatic carbocycles. The molecule has 1 atom stereocenters. The minimum absolute atomic E-state index is 0.125. The highest BCUT2D eigenvalue weighted by atomic mass is 16.2. The highest BCUT2D eigenvalue weighted by molar-refractivity contribution is 5.82. The second-order valence-electron chi connectivity index (χ2n) is 6.16. The van der Waals surface area contributed by atoms with E-state index in [2.05, 4.69) is 41.1 Å². The molecule has 23 heavy (non-hydrogen) atoms. The highest BCUT2D eigenvalue weighted by Crippen LogP contribution is 2.16. The Balaban J connectivity index is 1.89. The van der Waals surface area contributed by atoms with Crippen LogP contribution in [0.2, 0.25) is 0 Å². The zero-order valence-electron chi connectivity index (χ0n) is 14.6. The molecule has 0 spiro atoms. The normalized spacial score (nSPS) is 16.8. The van der Waals surface area contributed by atoms with Crippen molar-refractivity contribution >= 4 is 17.5 Å². The van der Waals surface area contributed by atoms with E-state index in [9.17, 15) is 4.79 Å². The fourth-order valence-electron chi connectivity index (χ4n) is 2.46. The van der Waals surface area contributed by atoms with Gasteiger partial charge < -0.3 is 20.0 Å². The molecule has 1 fully saturated rings.